The van der Waals surface area contributed by atoms with Crippen LogP contribution in [0.2, 0.25) is 0 Å². The highest BCUT2D eigenvalue weighted by Gasteiger charge is 2.55. The largest absolute Gasteiger partial charge is 0.458 e. The Hall–Kier alpha value is -1.24. The van der Waals surface area contributed by atoms with Crippen LogP contribution in [0.4, 0.5) is 0 Å². The minimum atomic E-state index is -0.760. The van der Waals surface area contributed by atoms with Crippen LogP contribution in [0.3, 0.4) is 0 Å². The maximum atomic E-state index is 13.0. The van der Waals surface area contributed by atoms with E-state index in [1.54, 1.807) is 32.5 Å². The normalized spacial score (nSPS) is 23.3. The number of esters is 1. The van der Waals surface area contributed by atoms with Gasteiger partial charge in [-0.2, -0.15) is 0 Å². The van der Waals surface area contributed by atoms with Crippen LogP contribution in [0.1, 0.15) is 62.3 Å². The quantitative estimate of drug-likeness (QED) is 0.593. The topological polar surface area (TPSA) is 75.7 Å². The molecular weight excluding hydrogens is 340 g/mol. The highest BCUT2D eigenvalue weighted by atomic mass is 32.2. The first-order valence-electron chi connectivity index (χ1n) is 8.59. The summed E-state index contributed by atoms with van der Waals surface area (Å²) < 4.78 is 4.96. The molecule has 0 saturated carbocycles. The van der Waals surface area contributed by atoms with Gasteiger partial charge in [-0.25, -0.2) is 4.79 Å². The van der Waals surface area contributed by atoms with Crippen molar-refractivity contribution in [1.82, 2.24) is 10.2 Å². The maximum absolute atomic E-state index is 13.0. The molecule has 25 heavy (non-hydrogen) atoms. The predicted molar refractivity (Wildman–Crippen MR) is 100 cm³/mol. The van der Waals surface area contributed by atoms with Crippen LogP contribution in [-0.4, -0.2) is 50.5 Å². The molecule has 0 aromatic rings. The van der Waals surface area contributed by atoms with Crippen molar-refractivity contribution in [3.05, 3.63) is 0 Å². The first kappa shape index (κ1) is 21.8. The van der Waals surface area contributed by atoms with Crippen molar-refractivity contribution in [3.8, 4) is 0 Å². The van der Waals surface area contributed by atoms with E-state index in [0.29, 0.717) is 6.41 Å². The summed E-state index contributed by atoms with van der Waals surface area (Å²) in [5, 5.41) is 2.81. The molecule has 0 spiro atoms. The summed E-state index contributed by atoms with van der Waals surface area (Å²) in [4.78, 5) is 38.1. The monoisotopic (exact) mass is 372 g/mol. The van der Waals surface area contributed by atoms with Crippen LogP contribution >= 0.6 is 11.8 Å². The average Bonchev–Trinajstić information content (AvgIpc) is 2.56. The van der Waals surface area contributed by atoms with Gasteiger partial charge in [0, 0.05) is 4.75 Å². The standard InChI is InChI=1S/C18H32N2O4S/c1-11(2)12(15(23)24-16(3,4)5)19-14(22)13-17(6,7)25-18(8,9)20(13)10-21/h10-13H,1-9H3,(H,19,22)/t12-,13+/m1/s1. The average molecular weight is 373 g/mol. The lowest BCUT2D eigenvalue weighted by Gasteiger charge is -2.33. The van der Waals surface area contributed by atoms with Gasteiger partial charge in [-0.15, -0.1) is 11.8 Å². The molecule has 1 aliphatic rings. The number of thioether (sulfide) groups is 1. The van der Waals surface area contributed by atoms with E-state index in [-0.39, 0.29) is 11.8 Å². The summed E-state index contributed by atoms with van der Waals surface area (Å²) in [6.07, 6.45) is 0.712. The van der Waals surface area contributed by atoms with E-state index in [1.165, 1.54) is 4.90 Å². The van der Waals surface area contributed by atoms with Gasteiger partial charge in [0.2, 0.25) is 12.3 Å². The summed E-state index contributed by atoms with van der Waals surface area (Å²) in [6, 6.07) is -1.42. The Labute approximate surface area is 155 Å². The van der Waals surface area contributed by atoms with Crippen molar-refractivity contribution >= 4 is 30.0 Å². The van der Waals surface area contributed by atoms with Crippen LogP contribution in [0.5, 0.6) is 0 Å². The van der Waals surface area contributed by atoms with E-state index in [2.05, 4.69) is 5.32 Å². The molecule has 1 rings (SSSR count). The summed E-state index contributed by atoms with van der Waals surface area (Å²) in [5.41, 5.74) is -0.631. The fraction of sp³-hybridized carbons (Fsp3) is 0.833. The molecule has 0 aliphatic carbocycles. The van der Waals surface area contributed by atoms with E-state index in [9.17, 15) is 14.4 Å². The highest BCUT2D eigenvalue weighted by molar-refractivity contribution is 8.02. The molecule has 2 amide bonds. The SMILES string of the molecule is CC(C)[C@@H](NC(=O)[C@@H]1N(C=O)C(C)(C)SC1(C)C)C(=O)OC(C)(C)C. The first-order valence-corrected chi connectivity index (χ1v) is 9.41. The number of ether oxygens (including phenoxy) is 1. The van der Waals surface area contributed by atoms with Crippen molar-refractivity contribution in [2.75, 3.05) is 0 Å². The molecular formula is C18H32N2O4S. The third kappa shape index (κ3) is 5.12. The molecule has 0 aromatic heterocycles. The van der Waals surface area contributed by atoms with Gasteiger partial charge in [-0.3, -0.25) is 9.59 Å². The fourth-order valence-electron chi connectivity index (χ4n) is 3.12. The molecule has 1 aliphatic heterocycles. The summed E-state index contributed by atoms with van der Waals surface area (Å²) in [5.74, 6) is -0.926. The Bertz CT molecular complexity index is 538. The summed E-state index contributed by atoms with van der Waals surface area (Å²) in [6.45, 7) is 16.8. The first-order chi connectivity index (χ1) is 11.1. The second-order valence-electron chi connectivity index (χ2n) is 8.83. The van der Waals surface area contributed by atoms with Gasteiger partial charge in [0.1, 0.15) is 17.7 Å². The Morgan fingerprint density at radius 2 is 1.72 bits per heavy atom. The number of carbonyl (C=O) groups is 3. The van der Waals surface area contributed by atoms with Crippen LogP contribution in [-0.2, 0) is 19.1 Å². The van der Waals surface area contributed by atoms with E-state index in [1.807, 2.05) is 41.5 Å². The van der Waals surface area contributed by atoms with Gasteiger partial charge in [0.25, 0.3) is 0 Å². The number of rotatable bonds is 5. The summed E-state index contributed by atoms with van der Waals surface area (Å²) in [7, 11) is 0. The Kier molecular flexibility index (Phi) is 6.26. The number of nitrogens with one attached hydrogen (secondary N) is 1. The molecule has 1 saturated heterocycles. The Morgan fingerprint density at radius 1 is 1.20 bits per heavy atom. The molecule has 0 radical (unpaired) electrons. The minimum Gasteiger partial charge on any atom is -0.458 e. The second kappa shape index (κ2) is 7.17. The third-order valence-electron chi connectivity index (χ3n) is 4.06. The van der Waals surface area contributed by atoms with E-state index >= 15 is 0 Å². The predicted octanol–water partition coefficient (Wildman–Crippen LogP) is 2.56. The lowest BCUT2D eigenvalue weighted by atomic mass is 9.98. The van der Waals surface area contributed by atoms with E-state index < -0.39 is 33.3 Å². The molecule has 0 aromatic carbocycles. The molecule has 1 N–H and O–H groups in total. The van der Waals surface area contributed by atoms with E-state index in [4.69, 9.17) is 4.74 Å². The van der Waals surface area contributed by atoms with Gasteiger partial charge in [0.15, 0.2) is 0 Å². The number of amides is 2. The number of hydrogen-bond donors (Lipinski definition) is 1. The lowest BCUT2D eigenvalue weighted by molar-refractivity contribution is -0.160. The molecule has 1 heterocycles. The van der Waals surface area contributed by atoms with Crippen molar-refractivity contribution in [1.29, 1.82) is 0 Å². The van der Waals surface area contributed by atoms with Crippen molar-refractivity contribution in [2.45, 2.75) is 89.6 Å². The Balaban J connectivity index is 3.04. The smallest absolute Gasteiger partial charge is 0.329 e. The number of carbonyl (C=O) groups excluding carboxylic acids is 3. The molecule has 6 nitrogen and oxygen atoms in total. The molecule has 0 unspecified atom stereocenters. The van der Waals surface area contributed by atoms with Gasteiger partial charge < -0.3 is 15.0 Å². The zero-order valence-electron chi connectivity index (χ0n) is 16.8. The van der Waals surface area contributed by atoms with Crippen LogP contribution in [0.15, 0.2) is 0 Å². The molecule has 1 fully saturated rings. The molecule has 0 bridgehead atoms. The van der Waals surface area contributed by atoms with Gasteiger partial charge >= 0.3 is 5.97 Å². The fourth-order valence-corrected chi connectivity index (χ4v) is 5.00. The molecule has 7 heteroatoms. The third-order valence-corrected chi connectivity index (χ3v) is 5.52. The summed E-state index contributed by atoms with van der Waals surface area (Å²) >= 11 is 1.57. The van der Waals surface area contributed by atoms with Gasteiger partial charge in [-0.1, -0.05) is 13.8 Å². The zero-order chi connectivity index (χ0) is 19.8. The number of hydrogen-bond acceptors (Lipinski definition) is 5. The molecule has 2 atom stereocenters. The highest BCUT2D eigenvalue weighted by Crippen LogP contribution is 2.50. The van der Waals surface area contributed by atoms with Crippen molar-refractivity contribution < 1.29 is 19.1 Å². The zero-order valence-corrected chi connectivity index (χ0v) is 17.6. The second-order valence-corrected chi connectivity index (χ2v) is 11.1. The maximum Gasteiger partial charge on any atom is 0.329 e. The van der Waals surface area contributed by atoms with Crippen molar-refractivity contribution in [2.24, 2.45) is 5.92 Å². The van der Waals surface area contributed by atoms with Gasteiger partial charge in [0.05, 0.1) is 4.87 Å². The Morgan fingerprint density at radius 3 is 2.12 bits per heavy atom. The van der Waals surface area contributed by atoms with Gasteiger partial charge in [-0.05, 0) is 54.4 Å². The molecule has 144 valence electrons. The number of nitrogens with zero attached hydrogens (tertiary/aromatic N) is 1. The van der Waals surface area contributed by atoms with Crippen molar-refractivity contribution in [3.63, 3.8) is 0 Å². The van der Waals surface area contributed by atoms with E-state index in [0.717, 1.165) is 0 Å². The van der Waals surface area contributed by atoms with Crippen LogP contribution in [0.25, 0.3) is 0 Å². The van der Waals surface area contributed by atoms with Crippen LogP contribution in [0, 0.1) is 5.92 Å². The van der Waals surface area contributed by atoms with Crippen LogP contribution < -0.4 is 5.32 Å². The minimum absolute atomic E-state index is 0.131. The lowest BCUT2D eigenvalue weighted by Crippen LogP contribution is -2.58.